The second kappa shape index (κ2) is 3.02. The van der Waals surface area contributed by atoms with E-state index >= 15 is 0 Å². The van der Waals surface area contributed by atoms with Crippen molar-refractivity contribution in [1.82, 2.24) is 4.90 Å². The van der Waals surface area contributed by atoms with Crippen LogP contribution in [0, 0.1) is 5.41 Å². The zero-order valence-corrected chi connectivity index (χ0v) is 7.82. The molecule has 1 atom stereocenters. The fourth-order valence-corrected chi connectivity index (χ4v) is 1.60. The molecule has 3 heteroatoms. The van der Waals surface area contributed by atoms with Crippen molar-refractivity contribution in [3.05, 3.63) is 0 Å². The first-order chi connectivity index (χ1) is 5.14. The predicted molar refractivity (Wildman–Crippen MR) is 45.7 cm³/mol. The molecule has 0 saturated carbocycles. The van der Waals surface area contributed by atoms with E-state index in [1.54, 1.807) is 0 Å². The zero-order valence-electron chi connectivity index (χ0n) is 7.06. The summed E-state index contributed by atoms with van der Waals surface area (Å²) in [4.78, 5) is 13.2. The molecule has 1 saturated heterocycles. The van der Waals surface area contributed by atoms with Crippen molar-refractivity contribution in [3.8, 4) is 0 Å². The molecule has 0 spiro atoms. The van der Waals surface area contributed by atoms with E-state index in [2.05, 4.69) is 6.92 Å². The lowest BCUT2D eigenvalue weighted by molar-refractivity contribution is -0.156. The molecule has 0 radical (unpaired) electrons. The van der Waals surface area contributed by atoms with Crippen molar-refractivity contribution in [2.24, 2.45) is 5.41 Å². The van der Waals surface area contributed by atoms with Crippen LogP contribution in [-0.4, -0.2) is 29.8 Å². The molecule has 0 aromatic heterocycles. The lowest BCUT2D eigenvalue weighted by Gasteiger charge is -2.45. The molecule has 0 bridgehead atoms. The summed E-state index contributed by atoms with van der Waals surface area (Å²) in [6.07, 6.45) is 1.03. The topological polar surface area (TPSA) is 20.3 Å². The smallest absolute Gasteiger partial charge is 0.231 e. The summed E-state index contributed by atoms with van der Waals surface area (Å²) in [6.45, 7) is 5.71. The molecule has 11 heavy (non-hydrogen) atoms. The van der Waals surface area contributed by atoms with Crippen LogP contribution in [0.4, 0.5) is 0 Å². The van der Waals surface area contributed by atoms with E-state index < -0.39 is 0 Å². The van der Waals surface area contributed by atoms with E-state index in [0.29, 0.717) is 5.88 Å². The van der Waals surface area contributed by atoms with Crippen LogP contribution < -0.4 is 0 Å². The standard InChI is InChI=1S/C8H14ClNO/c1-3-4-10-6-8(2,5-9)7(10)11/h3-6H2,1-2H3. The average molecular weight is 176 g/mol. The second-order valence-corrected chi connectivity index (χ2v) is 3.69. The van der Waals surface area contributed by atoms with E-state index in [1.807, 2.05) is 11.8 Å². The fourth-order valence-electron chi connectivity index (χ4n) is 1.40. The Kier molecular flexibility index (Phi) is 2.43. The molecule has 1 aliphatic heterocycles. The van der Waals surface area contributed by atoms with E-state index in [1.165, 1.54) is 0 Å². The lowest BCUT2D eigenvalue weighted by atomic mass is 9.83. The molecule has 1 fully saturated rings. The Bertz CT molecular complexity index is 171. The maximum Gasteiger partial charge on any atom is 0.231 e. The molecule has 1 aliphatic rings. The Morgan fingerprint density at radius 3 is 2.73 bits per heavy atom. The number of likely N-dealkylation sites (tertiary alicyclic amines) is 1. The van der Waals surface area contributed by atoms with E-state index in [0.717, 1.165) is 19.5 Å². The summed E-state index contributed by atoms with van der Waals surface area (Å²) in [7, 11) is 0. The number of halogens is 1. The molecule has 1 rings (SSSR count). The Morgan fingerprint density at radius 1 is 1.73 bits per heavy atom. The second-order valence-electron chi connectivity index (χ2n) is 3.42. The molecule has 1 unspecified atom stereocenters. The van der Waals surface area contributed by atoms with Crippen molar-refractivity contribution >= 4 is 17.5 Å². The number of β-lactam (4-membered cyclic amide) rings is 1. The van der Waals surface area contributed by atoms with Gasteiger partial charge >= 0.3 is 0 Å². The van der Waals surface area contributed by atoms with E-state index in [-0.39, 0.29) is 11.3 Å². The van der Waals surface area contributed by atoms with Gasteiger partial charge in [0.25, 0.3) is 0 Å². The third-order valence-electron chi connectivity index (χ3n) is 2.13. The normalized spacial score (nSPS) is 30.5. The number of hydrogen-bond donors (Lipinski definition) is 0. The summed E-state index contributed by atoms with van der Waals surface area (Å²) in [6, 6.07) is 0. The van der Waals surface area contributed by atoms with Crippen molar-refractivity contribution < 1.29 is 4.79 Å². The third kappa shape index (κ3) is 1.36. The highest BCUT2D eigenvalue weighted by Gasteiger charge is 2.46. The Balaban J connectivity index is 2.43. The summed E-state index contributed by atoms with van der Waals surface area (Å²) in [5, 5.41) is 0. The Hall–Kier alpha value is -0.240. The van der Waals surface area contributed by atoms with Crippen molar-refractivity contribution in [3.63, 3.8) is 0 Å². The molecule has 0 aromatic carbocycles. The minimum atomic E-state index is -0.253. The number of carbonyl (C=O) groups excluding carboxylic acids is 1. The summed E-state index contributed by atoms with van der Waals surface area (Å²) < 4.78 is 0. The predicted octanol–water partition coefficient (Wildman–Crippen LogP) is 1.48. The first-order valence-corrected chi connectivity index (χ1v) is 4.53. The molecule has 64 valence electrons. The van der Waals surface area contributed by atoms with Crippen LogP contribution in [0.15, 0.2) is 0 Å². The molecule has 0 aliphatic carbocycles. The van der Waals surface area contributed by atoms with Gasteiger partial charge < -0.3 is 4.90 Å². The number of alkyl halides is 1. The average Bonchev–Trinajstić information content (AvgIpc) is 2.03. The van der Waals surface area contributed by atoms with Gasteiger partial charge in [-0.15, -0.1) is 11.6 Å². The molecule has 2 nitrogen and oxygen atoms in total. The maximum atomic E-state index is 11.3. The zero-order chi connectivity index (χ0) is 8.48. The van der Waals surface area contributed by atoms with E-state index in [4.69, 9.17) is 11.6 Å². The maximum absolute atomic E-state index is 11.3. The quantitative estimate of drug-likeness (QED) is 0.470. The molecule has 0 aromatic rings. The fraction of sp³-hybridized carbons (Fsp3) is 0.875. The van der Waals surface area contributed by atoms with Crippen LogP contribution in [0.1, 0.15) is 20.3 Å². The highest BCUT2D eigenvalue weighted by Crippen LogP contribution is 2.32. The highest BCUT2D eigenvalue weighted by molar-refractivity contribution is 6.20. The molecule has 0 N–H and O–H groups in total. The van der Waals surface area contributed by atoms with Gasteiger partial charge in [-0.3, -0.25) is 4.79 Å². The number of rotatable bonds is 3. The van der Waals surface area contributed by atoms with Gasteiger partial charge in [0.15, 0.2) is 0 Å². The van der Waals surface area contributed by atoms with Crippen LogP contribution >= 0.6 is 11.6 Å². The molecule has 1 amide bonds. The van der Waals surface area contributed by atoms with Crippen LogP contribution in [0.3, 0.4) is 0 Å². The number of amides is 1. The van der Waals surface area contributed by atoms with Crippen LogP contribution in [0.2, 0.25) is 0 Å². The summed E-state index contributed by atoms with van der Waals surface area (Å²) in [5.41, 5.74) is -0.253. The van der Waals surface area contributed by atoms with Gasteiger partial charge in [-0.05, 0) is 13.3 Å². The van der Waals surface area contributed by atoms with Crippen molar-refractivity contribution in [2.75, 3.05) is 19.0 Å². The SMILES string of the molecule is CCCN1CC(C)(CCl)C1=O. The van der Waals surface area contributed by atoms with Crippen molar-refractivity contribution in [1.29, 1.82) is 0 Å². The Morgan fingerprint density at radius 2 is 2.36 bits per heavy atom. The van der Waals surface area contributed by atoms with Gasteiger partial charge in [0.1, 0.15) is 0 Å². The molecule has 1 heterocycles. The highest BCUT2D eigenvalue weighted by atomic mass is 35.5. The van der Waals surface area contributed by atoms with Crippen LogP contribution in [0.25, 0.3) is 0 Å². The van der Waals surface area contributed by atoms with E-state index in [9.17, 15) is 4.79 Å². The largest absolute Gasteiger partial charge is 0.341 e. The van der Waals surface area contributed by atoms with Gasteiger partial charge in [-0.1, -0.05) is 6.92 Å². The van der Waals surface area contributed by atoms with Gasteiger partial charge in [0.2, 0.25) is 5.91 Å². The third-order valence-corrected chi connectivity index (χ3v) is 2.72. The first-order valence-electron chi connectivity index (χ1n) is 3.99. The molecular formula is C8H14ClNO. The van der Waals surface area contributed by atoms with Gasteiger partial charge in [0.05, 0.1) is 5.41 Å². The minimum absolute atomic E-state index is 0.217. The van der Waals surface area contributed by atoms with Gasteiger partial charge in [-0.2, -0.15) is 0 Å². The summed E-state index contributed by atoms with van der Waals surface area (Å²) >= 11 is 5.66. The van der Waals surface area contributed by atoms with Gasteiger partial charge in [-0.25, -0.2) is 0 Å². The lowest BCUT2D eigenvalue weighted by Crippen LogP contribution is -2.60. The molecular weight excluding hydrogens is 162 g/mol. The number of hydrogen-bond acceptors (Lipinski definition) is 1. The monoisotopic (exact) mass is 175 g/mol. The first kappa shape index (κ1) is 8.85. The number of nitrogens with zero attached hydrogens (tertiary/aromatic N) is 1. The Labute approximate surface area is 72.5 Å². The van der Waals surface area contributed by atoms with Crippen LogP contribution in [0.5, 0.6) is 0 Å². The van der Waals surface area contributed by atoms with Crippen molar-refractivity contribution in [2.45, 2.75) is 20.3 Å². The summed E-state index contributed by atoms with van der Waals surface area (Å²) in [5.74, 6) is 0.667. The number of carbonyl (C=O) groups is 1. The minimum Gasteiger partial charge on any atom is -0.341 e. The van der Waals surface area contributed by atoms with Gasteiger partial charge in [0, 0.05) is 19.0 Å². The van der Waals surface area contributed by atoms with Crippen LogP contribution in [-0.2, 0) is 4.79 Å².